The highest BCUT2D eigenvalue weighted by molar-refractivity contribution is 5.58. The Balaban J connectivity index is 1.26. The maximum Gasteiger partial charge on any atom is 0.132 e. The number of nitrogens with one attached hydrogen (secondary N) is 1. The average Bonchev–Trinajstić information content (AvgIpc) is 3.53. The highest BCUT2D eigenvalue weighted by Crippen LogP contribution is 2.28. The third-order valence-electron chi connectivity index (χ3n) is 5.68. The van der Waals surface area contributed by atoms with Crippen LogP contribution in [0.1, 0.15) is 31.2 Å². The Hall–Kier alpha value is -1.91. The van der Waals surface area contributed by atoms with Gasteiger partial charge in [-0.15, -0.1) is 0 Å². The van der Waals surface area contributed by atoms with Crippen LogP contribution < -0.4 is 10.2 Å². The third-order valence-corrected chi connectivity index (χ3v) is 5.68. The van der Waals surface area contributed by atoms with Crippen LogP contribution in [0.15, 0.2) is 48.7 Å². The van der Waals surface area contributed by atoms with Crippen molar-refractivity contribution in [3.63, 3.8) is 0 Å². The zero-order chi connectivity index (χ0) is 17.8. The highest BCUT2D eigenvalue weighted by atomic mass is 15.2. The van der Waals surface area contributed by atoms with Crippen LogP contribution in [0.2, 0.25) is 0 Å². The standard InChI is InChI=1S/C22H30N4/c1-25(21-5-3-2-4-6-21)22-10-9-19(16-24-22)17-26-13-11-20(12-14-26)23-15-18-7-8-18/h2-6,9-10,16,18,20,23H,7-8,11-15,17H2,1H3. The normalized spacial score (nSPS) is 18.8. The Bertz CT molecular complexity index is 673. The minimum atomic E-state index is 0.729. The first-order valence-corrected chi connectivity index (χ1v) is 9.97. The molecule has 0 radical (unpaired) electrons. The van der Waals surface area contributed by atoms with Crippen LogP contribution in [0.25, 0.3) is 0 Å². The quantitative estimate of drug-likeness (QED) is 0.823. The summed E-state index contributed by atoms with van der Waals surface area (Å²) in [6.45, 7) is 4.63. The second-order valence-electron chi connectivity index (χ2n) is 7.82. The molecule has 4 nitrogen and oxygen atoms in total. The molecule has 0 amide bonds. The molecule has 0 spiro atoms. The van der Waals surface area contributed by atoms with E-state index >= 15 is 0 Å². The van der Waals surface area contributed by atoms with Crippen LogP contribution in [0, 0.1) is 5.92 Å². The van der Waals surface area contributed by atoms with Gasteiger partial charge in [0.25, 0.3) is 0 Å². The van der Waals surface area contributed by atoms with E-state index in [1.807, 2.05) is 12.3 Å². The van der Waals surface area contributed by atoms with Gasteiger partial charge >= 0.3 is 0 Å². The molecule has 1 aliphatic carbocycles. The molecule has 2 fully saturated rings. The first kappa shape index (κ1) is 17.5. The molecule has 26 heavy (non-hydrogen) atoms. The Labute approximate surface area is 157 Å². The van der Waals surface area contributed by atoms with Crippen LogP contribution in [0.5, 0.6) is 0 Å². The number of hydrogen-bond donors (Lipinski definition) is 1. The van der Waals surface area contributed by atoms with E-state index in [1.165, 1.54) is 50.9 Å². The van der Waals surface area contributed by atoms with E-state index in [9.17, 15) is 0 Å². The summed E-state index contributed by atoms with van der Waals surface area (Å²) in [6.07, 6.45) is 7.46. The van der Waals surface area contributed by atoms with Gasteiger partial charge in [0.1, 0.15) is 5.82 Å². The lowest BCUT2D eigenvalue weighted by Gasteiger charge is -2.32. The maximum absolute atomic E-state index is 4.68. The monoisotopic (exact) mass is 350 g/mol. The van der Waals surface area contributed by atoms with E-state index < -0.39 is 0 Å². The Kier molecular flexibility index (Phi) is 5.51. The fourth-order valence-corrected chi connectivity index (χ4v) is 3.70. The number of para-hydroxylation sites is 1. The molecule has 1 saturated heterocycles. The smallest absolute Gasteiger partial charge is 0.132 e. The average molecular weight is 351 g/mol. The molecule has 138 valence electrons. The molecule has 2 heterocycles. The molecule has 2 aliphatic rings. The summed E-state index contributed by atoms with van der Waals surface area (Å²) in [5.41, 5.74) is 2.47. The fraction of sp³-hybridized carbons (Fsp3) is 0.500. The fourth-order valence-electron chi connectivity index (χ4n) is 3.70. The van der Waals surface area contributed by atoms with E-state index in [4.69, 9.17) is 0 Å². The second-order valence-corrected chi connectivity index (χ2v) is 7.82. The Morgan fingerprint density at radius 2 is 1.81 bits per heavy atom. The van der Waals surface area contributed by atoms with Crippen molar-refractivity contribution in [2.75, 3.05) is 31.6 Å². The molecule has 0 unspecified atom stereocenters. The van der Waals surface area contributed by atoms with Gasteiger partial charge in [-0.1, -0.05) is 24.3 Å². The first-order valence-electron chi connectivity index (χ1n) is 9.97. The van der Waals surface area contributed by atoms with Crippen molar-refractivity contribution in [2.24, 2.45) is 5.92 Å². The molecule has 4 rings (SSSR count). The number of nitrogens with zero attached hydrogens (tertiary/aromatic N) is 3. The molecular formula is C22H30N4. The molecule has 1 aromatic heterocycles. The van der Waals surface area contributed by atoms with Gasteiger partial charge in [-0.25, -0.2) is 4.98 Å². The number of likely N-dealkylation sites (tertiary alicyclic amines) is 1. The van der Waals surface area contributed by atoms with Crippen molar-refractivity contribution < 1.29 is 0 Å². The summed E-state index contributed by atoms with van der Waals surface area (Å²) < 4.78 is 0. The molecule has 4 heteroatoms. The lowest BCUT2D eigenvalue weighted by Crippen LogP contribution is -2.42. The molecule has 1 saturated carbocycles. The van der Waals surface area contributed by atoms with Gasteiger partial charge < -0.3 is 10.2 Å². The van der Waals surface area contributed by atoms with Gasteiger partial charge in [0.05, 0.1) is 0 Å². The van der Waals surface area contributed by atoms with E-state index in [1.54, 1.807) is 0 Å². The first-order chi connectivity index (χ1) is 12.8. The van der Waals surface area contributed by atoms with Crippen LogP contribution in [0.4, 0.5) is 11.5 Å². The summed E-state index contributed by atoms with van der Waals surface area (Å²) in [6, 6.07) is 15.5. The zero-order valence-electron chi connectivity index (χ0n) is 15.8. The number of aromatic nitrogens is 1. The third kappa shape index (κ3) is 4.63. The number of hydrogen-bond acceptors (Lipinski definition) is 4. The summed E-state index contributed by atoms with van der Waals surface area (Å²) >= 11 is 0. The predicted octanol–water partition coefficient (Wildman–Crippen LogP) is 3.81. The van der Waals surface area contributed by atoms with E-state index in [0.29, 0.717) is 0 Å². The summed E-state index contributed by atoms with van der Waals surface area (Å²) in [4.78, 5) is 9.37. The molecule has 0 bridgehead atoms. The summed E-state index contributed by atoms with van der Waals surface area (Å²) in [5, 5.41) is 3.76. The predicted molar refractivity (Wildman–Crippen MR) is 108 cm³/mol. The Morgan fingerprint density at radius 1 is 1.04 bits per heavy atom. The van der Waals surface area contributed by atoms with Crippen molar-refractivity contribution in [2.45, 2.75) is 38.3 Å². The topological polar surface area (TPSA) is 31.4 Å². The van der Waals surface area contributed by atoms with Gasteiger partial charge in [-0.2, -0.15) is 0 Å². The number of rotatable bonds is 7. The summed E-state index contributed by atoms with van der Waals surface area (Å²) in [5.74, 6) is 1.97. The number of benzene rings is 1. The molecule has 2 aromatic rings. The van der Waals surface area contributed by atoms with Crippen LogP contribution in [0.3, 0.4) is 0 Å². The van der Waals surface area contributed by atoms with Gasteiger partial charge in [-0.05, 0) is 75.0 Å². The van der Waals surface area contributed by atoms with Crippen molar-refractivity contribution in [3.05, 3.63) is 54.2 Å². The van der Waals surface area contributed by atoms with Crippen molar-refractivity contribution in [3.8, 4) is 0 Å². The molecule has 1 aromatic carbocycles. The number of pyridine rings is 1. The van der Waals surface area contributed by atoms with E-state index in [2.05, 4.69) is 63.5 Å². The summed E-state index contributed by atoms with van der Waals surface area (Å²) in [7, 11) is 2.07. The van der Waals surface area contributed by atoms with Crippen molar-refractivity contribution in [1.29, 1.82) is 0 Å². The number of piperidine rings is 1. The van der Waals surface area contributed by atoms with Gasteiger partial charge in [-0.3, -0.25) is 4.90 Å². The maximum atomic E-state index is 4.68. The lowest BCUT2D eigenvalue weighted by atomic mass is 10.0. The molecule has 1 aliphatic heterocycles. The van der Waals surface area contributed by atoms with Gasteiger partial charge in [0.2, 0.25) is 0 Å². The molecular weight excluding hydrogens is 320 g/mol. The van der Waals surface area contributed by atoms with Gasteiger partial charge in [0.15, 0.2) is 0 Å². The van der Waals surface area contributed by atoms with Crippen LogP contribution in [-0.4, -0.2) is 42.6 Å². The molecule has 1 N–H and O–H groups in total. The minimum Gasteiger partial charge on any atom is -0.329 e. The lowest BCUT2D eigenvalue weighted by molar-refractivity contribution is 0.190. The SMILES string of the molecule is CN(c1ccccc1)c1ccc(CN2CCC(NCC3CC3)CC2)cn1. The van der Waals surface area contributed by atoms with Crippen LogP contribution >= 0.6 is 0 Å². The second kappa shape index (κ2) is 8.19. The van der Waals surface area contributed by atoms with Crippen molar-refractivity contribution >= 4 is 11.5 Å². The van der Waals surface area contributed by atoms with Crippen LogP contribution in [-0.2, 0) is 6.54 Å². The largest absolute Gasteiger partial charge is 0.329 e. The molecule has 0 atom stereocenters. The van der Waals surface area contributed by atoms with E-state index in [-0.39, 0.29) is 0 Å². The Morgan fingerprint density at radius 3 is 2.46 bits per heavy atom. The highest BCUT2D eigenvalue weighted by Gasteiger charge is 2.24. The van der Waals surface area contributed by atoms with E-state index in [0.717, 1.165) is 30.0 Å². The number of anilines is 2. The van der Waals surface area contributed by atoms with Gasteiger partial charge in [0, 0.05) is 31.5 Å². The van der Waals surface area contributed by atoms with Crippen molar-refractivity contribution in [1.82, 2.24) is 15.2 Å². The minimum absolute atomic E-state index is 0.729. The zero-order valence-corrected chi connectivity index (χ0v) is 15.8.